The van der Waals surface area contributed by atoms with Gasteiger partial charge in [0.2, 0.25) is 5.91 Å². The molecule has 3 aromatic rings. The lowest BCUT2D eigenvalue weighted by Crippen LogP contribution is -2.39. The van der Waals surface area contributed by atoms with Gasteiger partial charge in [-0.05, 0) is 23.6 Å². The summed E-state index contributed by atoms with van der Waals surface area (Å²) in [5.74, 6) is -0.584. The van der Waals surface area contributed by atoms with Crippen LogP contribution in [-0.2, 0) is 17.9 Å². The molecule has 0 saturated heterocycles. The number of urea groups is 1. The Hall–Kier alpha value is -2.98. The van der Waals surface area contributed by atoms with E-state index in [1.54, 1.807) is 28.8 Å². The van der Waals surface area contributed by atoms with Gasteiger partial charge >= 0.3 is 6.03 Å². The maximum absolute atomic E-state index is 14.1. The third-order valence-corrected chi connectivity index (χ3v) is 5.58. The summed E-state index contributed by atoms with van der Waals surface area (Å²) in [6, 6.07) is 9.47. The molecule has 0 aliphatic rings. The second-order valence-electron chi connectivity index (χ2n) is 5.78. The van der Waals surface area contributed by atoms with Crippen molar-refractivity contribution in [2.45, 2.75) is 18.2 Å². The SMILES string of the molecule is C=CCn1c(SCC(=O)NC(=O)NCc2cccs2)nnc1-c1ccccc1F. The minimum atomic E-state index is -0.566. The number of carbonyl (C=O) groups is 2. The maximum atomic E-state index is 14.1. The second kappa shape index (κ2) is 9.99. The lowest BCUT2D eigenvalue weighted by molar-refractivity contribution is -0.117. The molecule has 29 heavy (non-hydrogen) atoms. The molecule has 3 rings (SSSR count). The number of nitrogens with one attached hydrogen (secondary N) is 2. The predicted octanol–water partition coefficient (Wildman–Crippen LogP) is 3.45. The number of rotatable bonds is 8. The maximum Gasteiger partial charge on any atom is 0.321 e. The van der Waals surface area contributed by atoms with Crippen LogP contribution in [0.1, 0.15) is 4.88 Å². The number of halogens is 1. The molecule has 2 N–H and O–H groups in total. The lowest BCUT2D eigenvalue weighted by Gasteiger charge is -2.08. The Bertz CT molecular complexity index is 1000. The Morgan fingerprint density at radius 1 is 1.24 bits per heavy atom. The van der Waals surface area contributed by atoms with Crippen molar-refractivity contribution in [1.29, 1.82) is 0 Å². The summed E-state index contributed by atoms with van der Waals surface area (Å²) in [7, 11) is 0. The first-order chi connectivity index (χ1) is 14.1. The molecule has 3 amide bonds. The molecule has 0 unspecified atom stereocenters. The molecule has 10 heteroatoms. The van der Waals surface area contributed by atoms with Gasteiger partial charge in [0, 0.05) is 11.4 Å². The van der Waals surface area contributed by atoms with Crippen molar-refractivity contribution in [2.75, 3.05) is 5.75 Å². The van der Waals surface area contributed by atoms with Crippen molar-refractivity contribution in [3.8, 4) is 11.4 Å². The van der Waals surface area contributed by atoms with E-state index in [-0.39, 0.29) is 5.75 Å². The fourth-order valence-corrected chi connectivity index (χ4v) is 3.84. The molecule has 2 heterocycles. The molecular formula is C19H18FN5O2S2. The zero-order chi connectivity index (χ0) is 20.6. The molecule has 0 spiro atoms. The van der Waals surface area contributed by atoms with Gasteiger partial charge in [0.05, 0.1) is 17.9 Å². The van der Waals surface area contributed by atoms with E-state index in [1.165, 1.54) is 17.4 Å². The summed E-state index contributed by atoms with van der Waals surface area (Å²) in [6.07, 6.45) is 1.63. The van der Waals surface area contributed by atoms with Crippen molar-refractivity contribution in [3.05, 3.63) is 65.1 Å². The van der Waals surface area contributed by atoms with Crippen molar-refractivity contribution in [2.24, 2.45) is 0 Å². The van der Waals surface area contributed by atoms with Gasteiger partial charge in [-0.25, -0.2) is 9.18 Å². The number of hydrogen-bond donors (Lipinski definition) is 2. The summed E-state index contributed by atoms with van der Waals surface area (Å²) in [5.41, 5.74) is 0.311. The smallest absolute Gasteiger partial charge is 0.321 e. The minimum Gasteiger partial charge on any atom is -0.333 e. The second-order valence-corrected chi connectivity index (χ2v) is 7.76. The number of aromatic nitrogens is 3. The first kappa shape index (κ1) is 20.7. The highest BCUT2D eigenvalue weighted by Crippen LogP contribution is 2.25. The van der Waals surface area contributed by atoms with Gasteiger partial charge in [0.1, 0.15) is 5.82 Å². The average Bonchev–Trinajstić information content (AvgIpc) is 3.36. The van der Waals surface area contributed by atoms with Crippen LogP contribution in [0.25, 0.3) is 11.4 Å². The number of allylic oxidation sites excluding steroid dienone is 1. The van der Waals surface area contributed by atoms with Crippen molar-refractivity contribution >= 4 is 35.0 Å². The summed E-state index contributed by atoms with van der Waals surface area (Å²) in [5, 5.41) is 15.3. The van der Waals surface area contributed by atoms with Crippen LogP contribution in [0.2, 0.25) is 0 Å². The summed E-state index contributed by atoms with van der Waals surface area (Å²) >= 11 is 2.62. The molecule has 1 aromatic carbocycles. The molecule has 0 aliphatic carbocycles. The molecule has 0 fully saturated rings. The van der Waals surface area contributed by atoms with Gasteiger partial charge < -0.3 is 5.32 Å². The molecule has 2 aromatic heterocycles. The molecule has 0 aliphatic heterocycles. The largest absolute Gasteiger partial charge is 0.333 e. The number of thiophene rings is 1. The van der Waals surface area contributed by atoms with Crippen LogP contribution in [0.4, 0.5) is 9.18 Å². The van der Waals surface area contributed by atoms with Crippen molar-refractivity contribution in [1.82, 2.24) is 25.4 Å². The van der Waals surface area contributed by atoms with E-state index in [9.17, 15) is 14.0 Å². The first-order valence-electron chi connectivity index (χ1n) is 8.60. The summed E-state index contributed by atoms with van der Waals surface area (Å²) < 4.78 is 15.8. The molecule has 0 bridgehead atoms. The zero-order valence-corrected chi connectivity index (χ0v) is 16.9. The van der Waals surface area contributed by atoms with E-state index in [2.05, 4.69) is 27.4 Å². The highest BCUT2D eigenvalue weighted by atomic mass is 32.2. The van der Waals surface area contributed by atoms with Crippen LogP contribution in [0.15, 0.2) is 59.6 Å². The monoisotopic (exact) mass is 431 g/mol. The van der Waals surface area contributed by atoms with E-state index in [4.69, 9.17) is 0 Å². The molecule has 7 nitrogen and oxygen atoms in total. The number of benzene rings is 1. The van der Waals surface area contributed by atoms with Gasteiger partial charge in [-0.3, -0.25) is 14.7 Å². The Morgan fingerprint density at radius 2 is 2.07 bits per heavy atom. The highest BCUT2D eigenvalue weighted by Gasteiger charge is 2.17. The van der Waals surface area contributed by atoms with Crippen LogP contribution < -0.4 is 10.6 Å². The lowest BCUT2D eigenvalue weighted by atomic mass is 10.2. The van der Waals surface area contributed by atoms with E-state index < -0.39 is 17.8 Å². The summed E-state index contributed by atoms with van der Waals surface area (Å²) in [6.45, 7) is 4.40. The fourth-order valence-electron chi connectivity index (χ4n) is 2.45. The molecule has 0 saturated carbocycles. The molecule has 0 radical (unpaired) electrons. The highest BCUT2D eigenvalue weighted by molar-refractivity contribution is 7.99. The number of thioether (sulfide) groups is 1. The number of imide groups is 1. The van der Waals surface area contributed by atoms with Crippen molar-refractivity contribution in [3.63, 3.8) is 0 Å². The van der Waals surface area contributed by atoms with Gasteiger partial charge in [-0.15, -0.1) is 28.1 Å². The van der Waals surface area contributed by atoms with E-state index in [0.717, 1.165) is 16.6 Å². The fraction of sp³-hybridized carbons (Fsp3) is 0.158. The Morgan fingerprint density at radius 3 is 2.79 bits per heavy atom. The number of amides is 3. The number of nitrogens with zero attached hydrogens (tertiary/aromatic N) is 3. The normalized spacial score (nSPS) is 10.5. The van der Waals surface area contributed by atoms with Gasteiger partial charge in [-0.2, -0.15) is 0 Å². The van der Waals surface area contributed by atoms with Crippen LogP contribution >= 0.6 is 23.1 Å². The average molecular weight is 432 g/mol. The number of carbonyl (C=O) groups excluding carboxylic acids is 2. The summed E-state index contributed by atoms with van der Waals surface area (Å²) in [4.78, 5) is 24.9. The van der Waals surface area contributed by atoms with E-state index >= 15 is 0 Å². The van der Waals surface area contributed by atoms with Crippen molar-refractivity contribution < 1.29 is 14.0 Å². The standard InChI is InChI=1S/C19H18FN5O2S2/c1-2-9-25-17(14-7-3-4-8-15(14)20)23-24-19(25)29-12-16(26)22-18(27)21-11-13-6-5-10-28-13/h2-8,10H,1,9,11-12H2,(H2,21,22,26,27). The third kappa shape index (κ3) is 5.52. The topological polar surface area (TPSA) is 88.9 Å². The van der Waals surface area contributed by atoms with Crippen LogP contribution in [0, 0.1) is 5.82 Å². The van der Waals surface area contributed by atoms with Gasteiger partial charge in [0.15, 0.2) is 11.0 Å². The van der Waals surface area contributed by atoms with Crippen LogP contribution in [0.3, 0.4) is 0 Å². The van der Waals surface area contributed by atoms with Crippen LogP contribution in [-0.4, -0.2) is 32.5 Å². The Kier molecular flexibility index (Phi) is 7.14. The number of hydrogen-bond acceptors (Lipinski definition) is 6. The minimum absolute atomic E-state index is 0.0427. The quantitative estimate of drug-likeness (QED) is 0.421. The van der Waals surface area contributed by atoms with Crippen LogP contribution in [0.5, 0.6) is 0 Å². The van der Waals surface area contributed by atoms with E-state index in [0.29, 0.717) is 29.6 Å². The Labute approximate surface area is 175 Å². The van der Waals surface area contributed by atoms with Gasteiger partial charge in [-0.1, -0.05) is 36.0 Å². The first-order valence-corrected chi connectivity index (χ1v) is 10.5. The predicted molar refractivity (Wildman–Crippen MR) is 111 cm³/mol. The molecule has 0 atom stereocenters. The molecule has 150 valence electrons. The third-order valence-electron chi connectivity index (χ3n) is 3.73. The van der Waals surface area contributed by atoms with E-state index in [1.807, 2.05) is 17.5 Å². The Balaban J connectivity index is 1.60. The van der Waals surface area contributed by atoms with Gasteiger partial charge in [0.25, 0.3) is 0 Å². The zero-order valence-electron chi connectivity index (χ0n) is 15.3. The molecular weight excluding hydrogens is 413 g/mol.